The van der Waals surface area contributed by atoms with Crippen LogP contribution < -0.4 is 15.0 Å². The van der Waals surface area contributed by atoms with Gasteiger partial charge in [0, 0.05) is 17.8 Å². The van der Waals surface area contributed by atoms with Gasteiger partial charge in [0.2, 0.25) is 11.8 Å². The Kier molecular flexibility index (Phi) is 6.11. The number of rotatable bonds is 5. The van der Waals surface area contributed by atoms with Crippen LogP contribution in [0, 0.1) is 13.8 Å². The largest absolute Gasteiger partial charge is 0.495 e. The molecule has 1 fully saturated rings. The van der Waals surface area contributed by atoms with Gasteiger partial charge in [0.25, 0.3) is 0 Å². The molecule has 2 aromatic carbocycles. The number of amidine groups is 1. The van der Waals surface area contributed by atoms with Gasteiger partial charge >= 0.3 is 0 Å². The van der Waals surface area contributed by atoms with Crippen LogP contribution >= 0.6 is 23.4 Å². The van der Waals surface area contributed by atoms with Crippen molar-refractivity contribution in [1.82, 2.24) is 4.90 Å². The number of thioether (sulfide) groups is 1. The van der Waals surface area contributed by atoms with Gasteiger partial charge in [-0.1, -0.05) is 29.4 Å². The van der Waals surface area contributed by atoms with Crippen LogP contribution in [0.2, 0.25) is 5.02 Å². The van der Waals surface area contributed by atoms with Crippen molar-refractivity contribution in [2.24, 2.45) is 4.99 Å². The molecule has 0 bridgehead atoms. The number of aryl methyl sites for hydroxylation is 2. The zero-order valence-corrected chi connectivity index (χ0v) is 19.1. The summed E-state index contributed by atoms with van der Waals surface area (Å²) in [6.07, 6.45) is 0.0618. The summed E-state index contributed by atoms with van der Waals surface area (Å²) in [6.45, 7) is 5.05. The van der Waals surface area contributed by atoms with E-state index >= 15 is 0 Å². The van der Waals surface area contributed by atoms with Gasteiger partial charge in [-0.05, 0) is 55.3 Å². The van der Waals surface area contributed by atoms with E-state index in [4.69, 9.17) is 16.3 Å². The van der Waals surface area contributed by atoms with Crippen molar-refractivity contribution in [3.8, 4) is 5.75 Å². The third-order valence-electron chi connectivity index (χ3n) is 5.37. The number of anilines is 2. The minimum atomic E-state index is -0.493. The van der Waals surface area contributed by atoms with Crippen molar-refractivity contribution in [2.45, 2.75) is 25.5 Å². The molecule has 2 amide bonds. The maximum atomic E-state index is 12.9. The number of aliphatic imine (C=N–C) groups is 1. The number of hydrogen-bond donors (Lipinski definition) is 1. The van der Waals surface area contributed by atoms with Crippen LogP contribution in [0.3, 0.4) is 0 Å². The van der Waals surface area contributed by atoms with Crippen LogP contribution in [0.1, 0.15) is 17.5 Å². The van der Waals surface area contributed by atoms with E-state index in [-0.39, 0.29) is 18.2 Å². The van der Waals surface area contributed by atoms with E-state index in [2.05, 4.69) is 41.2 Å². The molecule has 1 saturated heterocycles. The van der Waals surface area contributed by atoms with Gasteiger partial charge in [-0.25, -0.2) is 4.99 Å². The van der Waals surface area contributed by atoms with Gasteiger partial charge in [0.05, 0.1) is 12.1 Å². The number of hydrogen-bond acceptors (Lipinski definition) is 6. The van der Waals surface area contributed by atoms with Crippen molar-refractivity contribution in [2.75, 3.05) is 30.7 Å². The maximum absolute atomic E-state index is 12.9. The second-order valence-electron chi connectivity index (χ2n) is 7.51. The smallest absolute Gasteiger partial charge is 0.244 e. The molecular weight excluding hydrogens is 436 g/mol. The molecule has 7 nitrogen and oxygen atoms in total. The molecule has 2 aromatic rings. The molecule has 0 saturated carbocycles. The minimum Gasteiger partial charge on any atom is -0.495 e. The fourth-order valence-electron chi connectivity index (χ4n) is 3.46. The molecule has 1 N–H and O–H groups in total. The quantitative estimate of drug-likeness (QED) is 0.732. The standard InChI is InChI=1S/C22H23ClN4O3S/c1-13-4-6-16(8-14(13)2)26-11-24-22-27(12-26)21(29)19(31-22)10-20(28)25-15-5-7-18(30-3)17(23)9-15/h4-9,19H,10-12H2,1-3H3,(H,25,28). The molecule has 1 atom stereocenters. The van der Waals surface area contributed by atoms with Gasteiger partial charge < -0.3 is 15.0 Å². The normalized spacial score (nSPS) is 18.0. The number of carbonyl (C=O) groups excluding carboxylic acids is 2. The highest BCUT2D eigenvalue weighted by molar-refractivity contribution is 8.15. The monoisotopic (exact) mass is 458 g/mol. The first-order valence-corrected chi connectivity index (χ1v) is 11.1. The molecular formula is C22H23ClN4O3S. The van der Waals surface area contributed by atoms with Crippen LogP contribution in [-0.2, 0) is 9.59 Å². The van der Waals surface area contributed by atoms with Crippen molar-refractivity contribution in [3.05, 3.63) is 52.5 Å². The van der Waals surface area contributed by atoms with Gasteiger partial charge in [-0.3, -0.25) is 14.5 Å². The molecule has 2 aliphatic rings. The highest BCUT2D eigenvalue weighted by Gasteiger charge is 2.41. The Morgan fingerprint density at radius 3 is 2.77 bits per heavy atom. The van der Waals surface area contributed by atoms with Crippen LogP contribution in [0.25, 0.3) is 0 Å². The van der Waals surface area contributed by atoms with Crippen molar-refractivity contribution in [1.29, 1.82) is 0 Å². The van der Waals surface area contributed by atoms with E-state index in [1.807, 2.05) is 6.07 Å². The Bertz CT molecular complexity index is 1070. The Hall–Kier alpha value is -2.71. The second-order valence-corrected chi connectivity index (χ2v) is 9.08. The number of halogens is 1. The van der Waals surface area contributed by atoms with Gasteiger partial charge in [0.15, 0.2) is 5.17 Å². The SMILES string of the molecule is COc1ccc(NC(=O)CC2SC3=NCN(c4ccc(C)c(C)c4)CN3C2=O)cc1Cl. The van der Waals surface area contributed by atoms with Crippen LogP contribution in [0.4, 0.5) is 11.4 Å². The topological polar surface area (TPSA) is 74.2 Å². The fraction of sp³-hybridized carbons (Fsp3) is 0.318. The van der Waals surface area contributed by atoms with Gasteiger partial charge in [0.1, 0.15) is 24.3 Å². The molecule has 0 radical (unpaired) electrons. The molecule has 31 heavy (non-hydrogen) atoms. The third-order valence-corrected chi connectivity index (χ3v) is 6.88. The maximum Gasteiger partial charge on any atom is 0.244 e. The summed E-state index contributed by atoms with van der Waals surface area (Å²) in [6, 6.07) is 11.2. The molecule has 162 valence electrons. The van der Waals surface area contributed by atoms with E-state index in [9.17, 15) is 9.59 Å². The number of nitrogens with zero attached hydrogens (tertiary/aromatic N) is 3. The Balaban J connectivity index is 1.39. The zero-order valence-electron chi connectivity index (χ0n) is 17.5. The van der Waals surface area contributed by atoms with E-state index in [1.165, 1.54) is 30.0 Å². The summed E-state index contributed by atoms with van der Waals surface area (Å²) in [5, 5.41) is 3.39. The lowest BCUT2D eigenvalue weighted by molar-refractivity contribution is -0.128. The van der Waals surface area contributed by atoms with Gasteiger partial charge in [-0.2, -0.15) is 0 Å². The Labute approximate surface area is 190 Å². The Morgan fingerprint density at radius 2 is 2.06 bits per heavy atom. The van der Waals surface area contributed by atoms with Gasteiger partial charge in [-0.15, -0.1) is 0 Å². The molecule has 0 spiro atoms. The molecule has 4 rings (SSSR count). The predicted molar refractivity (Wildman–Crippen MR) is 125 cm³/mol. The zero-order chi connectivity index (χ0) is 22.1. The molecule has 1 unspecified atom stereocenters. The first kappa shape index (κ1) is 21.5. The van der Waals surface area contributed by atoms with E-state index in [1.54, 1.807) is 23.1 Å². The summed E-state index contributed by atoms with van der Waals surface area (Å²) < 4.78 is 5.12. The number of amides is 2. The number of fused-ring (bicyclic) bond motifs is 1. The van der Waals surface area contributed by atoms with Crippen LogP contribution in [0.15, 0.2) is 41.4 Å². The lowest BCUT2D eigenvalue weighted by Gasteiger charge is -2.32. The summed E-state index contributed by atoms with van der Waals surface area (Å²) in [4.78, 5) is 33.7. The predicted octanol–water partition coefficient (Wildman–Crippen LogP) is 4.03. The number of nitrogens with one attached hydrogen (secondary N) is 1. The summed E-state index contributed by atoms with van der Waals surface area (Å²) in [7, 11) is 1.53. The number of methoxy groups -OCH3 is 1. The number of carbonyl (C=O) groups is 2. The van der Waals surface area contributed by atoms with E-state index in [0.29, 0.717) is 35.0 Å². The van der Waals surface area contributed by atoms with Crippen molar-refractivity contribution >= 4 is 51.7 Å². The van der Waals surface area contributed by atoms with Crippen LogP contribution in [-0.4, -0.2) is 47.6 Å². The number of benzene rings is 2. The lowest BCUT2D eigenvalue weighted by atomic mass is 10.1. The van der Waals surface area contributed by atoms with Crippen molar-refractivity contribution in [3.63, 3.8) is 0 Å². The number of ether oxygens (including phenoxy) is 1. The van der Waals surface area contributed by atoms with Crippen molar-refractivity contribution < 1.29 is 14.3 Å². The lowest BCUT2D eigenvalue weighted by Crippen LogP contribution is -2.46. The first-order valence-electron chi connectivity index (χ1n) is 9.84. The molecule has 0 aliphatic carbocycles. The van der Waals surface area contributed by atoms with E-state index in [0.717, 1.165) is 5.69 Å². The molecule has 0 aromatic heterocycles. The molecule has 2 aliphatic heterocycles. The Morgan fingerprint density at radius 1 is 1.26 bits per heavy atom. The van der Waals surface area contributed by atoms with Crippen LogP contribution in [0.5, 0.6) is 5.75 Å². The highest BCUT2D eigenvalue weighted by Crippen LogP contribution is 2.33. The minimum absolute atomic E-state index is 0.0618. The average Bonchev–Trinajstić information content (AvgIpc) is 3.05. The molecule has 9 heteroatoms. The molecule has 2 heterocycles. The first-order chi connectivity index (χ1) is 14.9. The summed E-state index contributed by atoms with van der Waals surface area (Å²) >= 11 is 7.46. The second kappa shape index (κ2) is 8.80. The summed E-state index contributed by atoms with van der Waals surface area (Å²) in [5.41, 5.74) is 4.01. The highest BCUT2D eigenvalue weighted by atomic mass is 35.5. The summed E-state index contributed by atoms with van der Waals surface area (Å²) in [5.74, 6) is 0.183. The third kappa shape index (κ3) is 4.50. The fourth-order valence-corrected chi connectivity index (χ4v) is 4.84. The van der Waals surface area contributed by atoms with E-state index < -0.39 is 5.25 Å². The average molecular weight is 459 g/mol.